The first-order chi connectivity index (χ1) is 6.77. The van der Waals surface area contributed by atoms with Gasteiger partial charge in [-0.15, -0.1) is 0 Å². The molecule has 1 atom stereocenters. The van der Waals surface area contributed by atoms with Gasteiger partial charge in [0.15, 0.2) is 0 Å². The maximum atomic E-state index is 6.03. The van der Waals surface area contributed by atoms with Gasteiger partial charge in [0.25, 0.3) is 0 Å². The molecule has 0 fully saturated rings. The molecule has 0 nitrogen and oxygen atoms in total. The first-order valence-corrected chi connectivity index (χ1v) is 6.15. The van der Waals surface area contributed by atoms with E-state index in [0.717, 1.165) is 11.5 Å². The van der Waals surface area contributed by atoms with E-state index in [0.29, 0.717) is 3.92 Å². The van der Waals surface area contributed by atoms with Gasteiger partial charge in [0, 0.05) is 5.03 Å². The van der Waals surface area contributed by atoms with Crippen LogP contribution in [0.2, 0.25) is 0 Å². The van der Waals surface area contributed by atoms with E-state index in [1.54, 1.807) is 0 Å². The zero-order valence-electron chi connectivity index (χ0n) is 7.58. The molecule has 1 aliphatic rings. The standard InChI is InChI=1S/C12H10ClI/c13-11-7-6-10(8-12(11)14)9-4-2-1-3-5-9/h1-7,12H,8H2. The molecule has 1 unspecified atom stereocenters. The van der Waals surface area contributed by atoms with Crippen molar-refractivity contribution in [1.82, 2.24) is 0 Å². The Balaban J connectivity index is 2.30. The summed E-state index contributed by atoms with van der Waals surface area (Å²) in [5, 5.41) is 0.949. The number of hydrogen-bond acceptors (Lipinski definition) is 0. The fourth-order valence-corrected chi connectivity index (χ4v) is 2.33. The van der Waals surface area contributed by atoms with E-state index in [-0.39, 0.29) is 0 Å². The van der Waals surface area contributed by atoms with Crippen LogP contribution in [0, 0.1) is 0 Å². The van der Waals surface area contributed by atoms with Gasteiger partial charge in [-0.1, -0.05) is 70.6 Å². The van der Waals surface area contributed by atoms with Crippen LogP contribution in [0.3, 0.4) is 0 Å². The lowest BCUT2D eigenvalue weighted by Crippen LogP contribution is -2.03. The first-order valence-electron chi connectivity index (χ1n) is 4.53. The molecule has 0 radical (unpaired) electrons. The average molecular weight is 317 g/mol. The van der Waals surface area contributed by atoms with Crippen molar-refractivity contribution in [2.24, 2.45) is 0 Å². The van der Waals surface area contributed by atoms with Crippen LogP contribution in [0.4, 0.5) is 0 Å². The average Bonchev–Trinajstić information content (AvgIpc) is 2.23. The Labute approximate surface area is 103 Å². The van der Waals surface area contributed by atoms with Crippen molar-refractivity contribution in [1.29, 1.82) is 0 Å². The molecule has 2 heteroatoms. The van der Waals surface area contributed by atoms with Gasteiger partial charge in [0.05, 0.1) is 3.92 Å². The minimum Gasteiger partial charge on any atom is -0.0880 e. The second-order valence-electron chi connectivity index (χ2n) is 3.28. The van der Waals surface area contributed by atoms with Crippen LogP contribution < -0.4 is 0 Å². The summed E-state index contributed by atoms with van der Waals surface area (Å²) in [5.41, 5.74) is 2.67. The molecule has 0 amide bonds. The number of halogens is 2. The molecule has 1 aromatic rings. The first kappa shape index (κ1) is 10.2. The monoisotopic (exact) mass is 316 g/mol. The smallest absolute Gasteiger partial charge is 0.0507 e. The van der Waals surface area contributed by atoms with Crippen LogP contribution >= 0.6 is 34.2 Å². The fraction of sp³-hybridized carbons (Fsp3) is 0.167. The molecule has 0 spiro atoms. The molecule has 14 heavy (non-hydrogen) atoms. The van der Waals surface area contributed by atoms with Crippen LogP contribution in [-0.4, -0.2) is 3.92 Å². The Morgan fingerprint density at radius 2 is 1.86 bits per heavy atom. The molecule has 1 aliphatic carbocycles. The van der Waals surface area contributed by atoms with Crippen molar-refractivity contribution in [3.05, 3.63) is 53.1 Å². The number of benzene rings is 1. The molecule has 0 heterocycles. The summed E-state index contributed by atoms with van der Waals surface area (Å²) >= 11 is 8.41. The lowest BCUT2D eigenvalue weighted by atomic mass is 9.97. The lowest BCUT2D eigenvalue weighted by molar-refractivity contribution is 1.09. The van der Waals surface area contributed by atoms with Gasteiger partial charge in [-0.2, -0.15) is 0 Å². The molecule has 0 aliphatic heterocycles. The van der Waals surface area contributed by atoms with Crippen LogP contribution in [0.1, 0.15) is 12.0 Å². The molecular formula is C12H10ClI. The van der Waals surface area contributed by atoms with Gasteiger partial charge in [-0.05, 0) is 23.6 Å². The highest BCUT2D eigenvalue weighted by atomic mass is 127. The zero-order valence-corrected chi connectivity index (χ0v) is 10.5. The second-order valence-corrected chi connectivity index (χ2v) is 5.22. The Bertz CT molecular complexity index is 379. The molecule has 0 N–H and O–H groups in total. The Morgan fingerprint density at radius 3 is 2.50 bits per heavy atom. The topological polar surface area (TPSA) is 0 Å². The highest BCUT2D eigenvalue weighted by molar-refractivity contribution is 14.1. The van der Waals surface area contributed by atoms with Crippen molar-refractivity contribution in [2.75, 3.05) is 0 Å². The van der Waals surface area contributed by atoms with E-state index in [9.17, 15) is 0 Å². The quantitative estimate of drug-likeness (QED) is 0.532. The third-order valence-corrected chi connectivity index (χ3v) is 4.16. The van der Waals surface area contributed by atoms with E-state index in [2.05, 4.69) is 52.9 Å². The minimum atomic E-state index is 0.425. The molecular weight excluding hydrogens is 306 g/mol. The summed E-state index contributed by atoms with van der Waals surface area (Å²) in [5.74, 6) is 0. The summed E-state index contributed by atoms with van der Waals surface area (Å²) < 4.78 is 0.425. The number of allylic oxidation sites excluding steroid dienone is 4. The van der Waals surface area contributed by atoms with Gasteiger partial charge >= 0.3 is 0 Å². The van der Waals surface area contributed by atoms with Crippen LogP contribution in [0.15, 0.2) is 47.5 Å². The Morgan fingerprint density at radius 1 is 1.14 bits per heavy atom. The van der Waals surface area contributed by atoms with Gasteiger partial charge in [-0.25, -0.2) is 0 Å². The predicted octanol–water partition coefficient (Wildman–Crippen LogP) is 4.40. The third-order valence-electron chi connectivity index (χ3n) is 2.29. The Hall–Kier alpha value is -0.280. The molecule has 2 rings (SSSR count). The third kappa shape index (κ3) is 2.20. The van der Waals surface area contributed by atoms with Gasteiger partial charge < -0.3 is 0 Å². The largest absolute Gasteiger partial charge is 0.0880 e. The number of alkyl halides is 1. The fourth-order valence-electron chi connectivity index (χ4n) is 1.51. The number of hydrogen-bond donors (Lipinski definition) is 0. The highest BCUT2D eigenvalue weighted by Gasteiger charge is 2.15. The van der Waals surface area contributed by atoms with Crippen molar-refractivity contribution in [2.45, 2.75) is 10.3 Å². The van der Waals surface area contributed by atoms with E-state index < -0.39 is 0 Å². The molecule has 0 saturated heterocycles. The van der Waals surface area contributed by atoms with Crippen molar-refractivity contribution < 1.29 is 0 Å². The summed E-state index contributed by atoms with van der Waals surface area (Å²) in [7, 11) is 0. The predicted molar refractivity (Wildman–Crippen MR) is 70.8 cm³/mol. The SMILES string of the molecule is ClC1=CC=C(c2ccccc2)CC1I. The second kappa shape index (κ2) is 4.49. The van der Waals surface area contributed by atoms with E-state index >= 15 is 0 Å². The molecule has 0 saturated carbocycles. The van der Waals surface area contributed by atoms with Crippen molar-refractivity contribution in [3.63, 3.8) is 0 Å². The Kier molecular flexibility index (Phi) is 3.29. The van der Waals surface area contributed by atoms with E-state index in [1.165, 1.54) is 11.1 Å². The zero-order chi connectivity index (χ0) is 9.97. The highest BCUT2D eigenvalue weighted by Crippen LogP contribution is 2.32. The van der Waals surface area contributed by atoms with Crippen molar-refractivity contribution in [3.8, 4) is 0 Å². The lowest BCUT2D eigenvalue weighted by Gasteiger charge is -2.16. The van der Waals surface area contributed by atoms with Gasteiger partial charge in [-0.3, -0.25) is 0 Å². The van der Waals surface area contributed by atoms with Crippen LogP contribution in [0.5, 0.6) is 0 Å². The summed E-state index contributed by atoms with van der Waals surface area (Å²) in [4.78, 5) is 0. The maximum absolute atomic E-state index is 6.03. The van der Waals surface area contributed by atoms with E-state index in [1.807, 2.05) is 12.1 Å². The summed E-state index contributed by atoms with van der Waals surface area (Å²) in [6.45, 7) is 0. The van der Waals surface area contributed by atoms with Crippen LogP contribution in [-0.2, 0) is 0 Å². The number of rotatable bonds is 1. The minimum absolute atomic E-state index is 0.425. The summed E-state index contributed by atoms with van der Waals surface area (Å²) in [6.07, 6.45) is 5.15. The molecule has 0 bridgehead atoms. The normalized spacial score (nSPS) is 21.4. The van der Waals surface area contributed by atoms with Gasteiger partial charge in [0.2, 0.25) is 0 Å². The molecule has 0 aromatic heterocycles. The molecule has 1 aromatic carbocycles. The van der Waals surface area contributed by atoms with E-state index in [4.69, 9.17) is 11.6 Å². The van der Waals surface area contributed by atoms with Crippen molar-refractivity contribution >= 4 is 39.8 Å². The summed E-state index contributed by atoms with van der Waals surface area (Å²) in [6, 6.07) is 10.5. The molecule has 72 valence electrons. The van der Waals surface area contributed by atoms with Gasteiger partial charge in [0.1, 0.15) is 0 Å². The van der Waals surface area contributed by atoms with Crippen LogP contribution in [0.25, 0.3) is 5.57 Å². The maximum Gasteiger partial charge on any atom is 0.0507 e.